The van der Waals surface area contributed by atoms with Crippen LogP contribution in [0.25, 0.3) is 0 Å². The molecule has 0 spiro atoms. The smallest absolute Gasteiger partial charge is 0.216 e. The van der Waals surface area contributed by atoms with E-state index in [2.05, 4.69) is 10.3 Å². The summed E-state index contributed by atoms with van der Waals surface area (Å²) in [4.78, 5) is 0. The van der Waals surface area contributed by atoms with E-state index in [9.17, 15) is 13.5 Å². The van der Waals surface area contributed by atoms with Crippen LogP contribution in [0.5, 0.6) is 0 Å². The number of aliphatic hydroxyl groups is 1. The summed E-state index contributed by atoms with van der Waals surface area (Å²) >= 11 is 0. The molecule has 1 N–H and O–H groups in total. The molecule has 0 amide bonds. The first-order chi connectivity index (χ1) is 11.3. The van der Waals surface area contributed by atoms with Crippen LogP contribution in [-0.2, 0) is 22.2 Å². The van der Waals surface area contributed by atoms with Gasteiger partial charge in [-0.2, -0.15) is 0 Å². The number of nitrogens with zero attached hydrogens (tertiary/aromatic N) is 4. The van der Waals surface area contributed by atoms with E-state index in [-0.39, 0.29) is 11.2 Å². The van der Waals surface area contributed by atoms with Crippen molar-refractivity contribution >= 4 is 10.0 Å². The van der Waals surface area contributed by atoms with Crippen molar-refractivity contribution in [3.8, 4) is 0 Å². The number of piperidine rings is 1. The fourth-order valence-electron chi connectivity index (χ4n) is 3.79. The molecule has 1 atom stereocenters. The maximum absolute atomic E-state index is 12.4. The summed E-state index contributed by atoms with van der Waals surface area (Å²) in [5.41, 5.74) is -0.167. The predicted octanol–water partition coefficient (Wildman–Crippen LogP) is 1.49. The number of aromatic nitrogens is 3. The summed E-state index contributed by atoms with van der Waals surface area (Å²) in [7, 11) is -3.19. The molecular formula is C16H28N4O3S. The fourth-order valence-corrected chi connectivity index (χ4v) is 5.19. The highest BCUT2D eigenvalue weighted by atomic mass is 32.2. The molecule has 1 aliphatic heterocycles. The van der Waals surface area contributed by atoms with Gasteiger partial charge in [0.05, 0.1) is 11.4 Å². The Labute approximate surface area is 144 Å². The Kier molecular flexibility index (Phi) is 4.99. The monoisotopic (exact) mass is 356 g/mol. The molecule has 24 heavy (non-hydrogen) atoms. The molecule has 7 nitrogen and oxygen atoms in total. The predicted molar refractivity (Wildman–Crippen MR) is 90.7 cm³/mol. The van der Waals surface area contributed by atoms with Gasteiger partial charge in [0.15, 0.2) is 0 Å². The Bertz CT molecular complexity index is 665. The Hall–Kier alpha value is -0.990. The summed E-state index contributed by atoms with van der Waals surface area (Å²) in [6, 6.07) is 0. The van der Waals surface area contributed by atoms with E-state index in [0.717, 1.165) is 38.5 Å². The minimum absolute atomic E-state index is 0.236. The SMILES string of the molecule is CC(C)S(=O)(=O)N1CCCC(Cn2cc(C3(O)CCCC3)nn2)C1. The molecule has 136 valence electrons. The van der Waals surface area contributed by atoms with Gasteiger partial charge in [-0.25, -0.2) is 12.7 Å². The maximum Gasteiger partial charge on any atom is 0.216 e. The lowest BCUT2D eigenvalue weighted by molar-refractivity contribution is 0.0398. The third kappa shape index (κ3) is 3.50. The molecule has 1 saturated heterocycles. The van der Waals surface area contributed by atoms with Crippen LogP contribution in [0.3, 0.4) is 0 Å². The van der Waals surface area contributed by atoms with Crippen LogP contribution in [0.4, 0.5) is 0 Å². The maximum atomic E-state index is 12.4. The summed E-state index contributed by atoms with van der Waals surface area (Å²) in [5, 5.41) is 18.5. The Balaban J connectivity index is 1.65. The van der Waals surface area contributed by atoms with Gasteiger partial charge in [0, 0.05) is 19.6 Å². The normalized spacial score (nSPS) is 25.4. The van der Waals surface area contributed by atoms with E-state index in [1.807, 2.05) is 6.20 Å². The average molecular weight is 356 g/mol. The van der Waals surface area contributed by atoms with Gasteiger partial charge in [0.2, 0.25) is 10.0 Å². The van der Waals surface area contributed by atoms with Crippen LogP contribution in [0.15, 0.2) is 6.20 Å². The van der Waals surface area contributed by atoms with Crippen LogP contribution < -0.4 is 0 Å². The van der Waals surface area contributed by atoms with Gasteiger partial charge in [0.25, 0.3) is 0 Å². The largest absolute Gasteiger partial charge is 0.383 e. The minimum atomic E-state index is -3.19. The molecule has 0 bridgehead atoms. The van der Waals surface area contributed by atoms with Crippen LogP contribution in [-0.4, -0.2) is 51.2 Å². The molecule has 3 rings (SSSR count). The molecule has 1 unspecified atom stereocenters. The summed E-state index contributed by atoms with van der Waals surface area (Å²) in [6.45, 7) is 5.25. The van der Waals surface area contributed by atoms with E-state index in [4.69, 9.17) is 0 Å². The van der Waals surface area contributed by atoms with Gasteiger partial charge in [-0.05, 0) is 45.4 Å². The third-order valence-electron chi connectivity index (χ3n) is 5.33. The molecule has 2 fully saturated rings. The zero-order valence-corrected chi connectivity index (χ0v) is 15.4. The molecular weight excluding hydrogens is 328 g/mol. The first kappa shape index (κ1) is 17.8. The van der Waals surface area contributed by atoms with Crippen molar-refractivity contribution in [1.82, 2.24) is 19.3 Å². The van der Waals surface area contributed by atoms with Gasteiger partial charge < -0.3 is 5.11 Å². The fraction of sp³-hybridized carbons (Fsp3) is 0.875. The summed E-state index contributed by atoms with van der Waals surface area (Å²) < 4.78 is 28.1. The molecule has 1 aromatic heterocycles. The minimum Gasteiger partial charge on any atom is -0.383 e. The van der Waals surface area contributed by atoms with Gasteiger partial charge in [-0.15, -0.1) is 5.10 Å². The van der Waals surface area contributed by atoms with Crippen molar-refractivity contribution in [3.05, 3.63) is 11.9 Å². The lowest BCUT2D eigenvalue weighted by Crippen LogP contribution is -2.44. The first-order valence-electron chi connectivity index (χ1n) is 8.93. The van der Waals surface area contributed by atoms with Crippen molar-refractivity contribution in [2.24, 2.45) is 5.92 Å². The topological polar surface area (TPSA) is 88.3 Å². The van der Waals surface area contributed by atoms with Gasteiger partial charge in [-0.3, -0.25) is 4.68 Å². The zero-order chi connectivity index (χ0) is 17.4. The highest BCUT2D eigenvalue weighted by Gasteiger charge is 2.36. The molecule has 2 aliphatic rings. The van der Waals surface area contributed by atoms with E-state index < -0.39 is 15.6 Å². The van der Waals surface area contributed by atoms with Crippen LogP contribution in [0.1, 0.15) is 58.1 Å². The van der Waals surface area contributed by atoms with Crippen LogP contribution in [0.2, 0.25) is 0 Å². The molecule has 2 heterocycles. The Morgan fingerprint density at radius 3 is 2.71 bits per heavy atom. The van der Waals surface area contributed by atoms with Gasteiger partial charge >= 0.3 is 0 Å². The van der Waals surface area contributed by atoms with Crippen LogP contribution >= 0.6 is 0 Å². The van der Waals surface area contributed by atoms with Crippen LogP contribution in [0, 0.1) is 5.92 Å². The van der Waals surface area contributed by atoms with E-state index in [0.29, 0.717) is 25.3 Å². The second kappa shape index (κ2) is 6.72. The molecule has 0 aromatic carbocycles. The molecule has 1 aromatic rings. The molecule has 1 saturated carbocycles. The lowest BCUT2D eigenvalue weighted by atomic mass is 9.98. The molecule has 8 heteroatoms. The standard InChI is InChI=1S/C16H28N4O3S/c1-13(2)24(22,23)20-9-5-6-14(11-20)10-19-12-15(17-18-19)16(21)7-3-4-8-16/h12-14,21H,3-11H2,1-2H3. The van der Waals surface area contributed by atoms with Crippen molar-refractivity contribution in [2.45, 2.75) is 69.8 Å². The quantitative estimate of drug-likeness (QED) is 0.863. The van der Waals surface area contributed by atoms with Crippen molar-refractivity contribution in [1.29, 1.82) is 0 Å². The van der Waals surface area contributed by atoms with Crippen molar-refractivity contribution < 1.29 is 13.5 Å². The number of hydrogen-bond acceptors (Lipinski definition) is 5. The Morgan fingerprint density at radius 2 is 2.04 bits per heavy atom. The Morgan fingerprint density at radius 1 is 1.33 bits per heavy atom. The lowest BCUT2D eigenvalue weighted by Gasteiger charge is -2.32. The van der Waals surface area contributed by atoms with Crippen molar-refractivity contribution in [2.75, 3.05) is 13.1 Å². The van der Waals surface area contributed by atoms with Gasteiger partial charge in [0.1, 0.15) is 11.3 Å². The second-order valence-corrected chi connectivity index (χ2v) is 10.0. The number of hydrogen-bond donors (Lipinski definition) is 1. The highest BCUT2D eigenvalue weighted by Crippen LogP contribution is 2.37. The van der Waals surface area contributed by atoms with E-state index in [1.165, 1.54) is 0 Å². The molecule has 1 aliphatic carbocycles. The zero-order valence-electron chi connectivity index (χ0n) is 14.6. The highest BCUT2D eigenvalue weighted by molar-refractivity contribution is 7.89. The van der Waals surface area contributed by atoms with E-state index in [1.54, 1.807) is 22.8 Å². The summed E-state index contributed by atoms with van der Waals surface area (Å²) in [6.07, 6.45) is 7.24. The summed E-state index contributed by atoms with van der Waals surface area (Å²) in [5.74, 6) is 0.236. The van der Waals surface area contributed by atoms with Gasteiger partial charge in [-0.1, -0.05) is 18.1 Å². The van der Waals surface area contributed by atoms with E-state index >= 15 is 0 Å². The average Bonchev–Trinajstić information content (AvgIpc) is 3.17. The molecule has 0 radical (unpaired) electrons. The number of sulfonamides is 1. The van der Waals surface area contributed by atoms with Crippen molar-refractivity contribution in [3.63, 3.8) is 0 Å². The third-order valence-corrected chi connectivity index (χ3v) is 7.57. The number of rotatable bonds is 5. The first-order valence-corrected chi connectivity index (χ1v) is 10.4. The second-order valence-electron chi connectivity index (χ2n) is 7.52.